The zero-order chi connectivity index (χ0) is 21.8. The van der Waals surface area contributed by atoms with Crippen molar-refractivity contribution in [3.05, 3.63) is 0 Å². The SMILES string of the molecule is COC(=O)C1CC2NCN(CC3CCC(OC)CC3)C2CN1CC1CCC(OC)CC1. The zero-order valence-electron chi connectivity index (χ0n) is 19.8. The number of fused-ring (bicyclic) bond motifs is 1. The van der Waals surface area contributed by atoms with E-state index in [9.17, 15) is 4.79 Å². The van der Waals surface area contributed by atoms with Gasteiger partial charge in [0.05, 0.1) is 19.3 Å². The fraction of sp³-hybridized carbons (Fsp3) is 0.958. The minimum atomic E-state index is -0.115. The van der Waals surface area contributed by atoms with E-state index < -0.39 is 0 Å². The van der Waals surface area contributed by atoms with Crippen molar-refractivity contribution in [3.63, 3.8) is 0 Å². The van der Waals surface area contributed by atoms with Crippen LogP contribution < -0.4 is 5.32 Å². The molecule has 7 heteroatoms. The van der Waals surface area contributed by atoms with Crippen molar-refractivity contribution in [1.29, 1.82) is 0 Å². The Balaban J connectivity index is 1.36. The summed E-state index contributed by atoms with van der Waals surface area (Å²) in [6.07, 6.45) is 11.3. The average molecular weight is 438 g/mol. The summed E-state index contributed by atoms with van der Waals surface area (Å²) in [6, 6.07) is 0.771. The van der Waals surface area contributed by atoms with Crippen LogP contribution in [0.4, 0.5) is 0 Å². The maximum Gasteiger partial charge on any atom is 0.323 e. The Morgan fingerprint density at radius 3 is 1.90 bits per heavy atom. The van der Waals surface area contributed by atoms with Gasteiger partial charge in [-0.25, -0.2) is 0 Å². The highest BCUT2D eigenvalue weighted by Gasteiger charge is 2.45. The maximum absolute atomic E-state index is 12.6. The number of likely N-dealkylation sites (tertiary alicyclic amines) is 1. The largest absolute Gasteiger partial charge is 0.468 e. The van der Waals surface area contributed by atoms with Crippen LogP contribution in [0.15, 0.2) is 0 Å². The molecule has 31 heavy (non-hydrogen) atoms. The van der Waals surface area contributed by atoms with E-state index in [0.717, 1.165) is 44.9 Å². The van der Waals surface area contributed by atoms with E-state index in [2.05, 4.69) is 15.1 Å². The smallest absolute Gasteiger partial charge is 0.323 e. The molecule has 2 aliphatic carbocycles. The Morgan fingerprint density at radius 1 is 0.839 bits per heavy atom. The lowest BCUT2D eigenvalue weighted by Crippen LogP contribution is -2.59. The maximum atomic E-state index is 12.6. The molecule has 2 saturated heterocycles. The van der Waals surface area contributed by atoms with Crippen molar-refractivity contribution in [2.75, 3.05) is 47.6 Å². The van der Waals surface area contributed by atoms with E-state index in [1.165, 1.54) is 52.2 Å². The Labute approximate surface area is 188 Å². The zero-order valence-corrected chi connectivity index (χ0v) is 19.8. The van der Waals surface area contributed by atoms with Gasteiger partial charge in [0.25, 0.3) is 0 Å². The van der Waals surface area contributed by atoms with Gasteiger partial charge in [-0.2, -0.15) is 0 Å². The Hall–Kier alpha value is -0.730. The van der Waals surface area contributed by atoms with E-state index in [1.54, 1.807) is 0 Å². The lowest BCUT2D eigenvalue weighted by molar-refractivity contribution is -0.149. The summed E-state index contributed by atoms with van der Waals surface area (Å²) >= 11 is 0. The number of carbonyl (C=O) groups excluding carboxylic acids is 1. The number of hydrogen-bond acceptors (Lipinski definition) is 7. The quantitative estimate of drug-likeness (QED) is 0.613. The molecule has 4 fully saturated rings. The second-order valence-corrected chi connectivity index (χ2v) is 10.3. The molecule has 178 valence electrons. The van der Waals surface area contributed by atoms with Gasteiger partial charge in [0.2, 0.25) is 0 Å². The van der Waals surface area contributed by atoms with E-state index in [0.29, 0.717) is 30.2 Å². The van der Waals surface area contributed by atoms with Gasteiger partial charge in [0, 0.05) is 52.6 Å². The molecular weight excluding hydrogens is 394 g/mol. The first-order chi connectivity index (χ1) is 15.1. The van der Waals surface area contributed by atoms with Crippen molar-refractivity contribution in [1.82, 2.24) is 15.1 Å². The second-order valence-electron chi connectivity index (χ2n) is 10.3. The van der Waals surface area contributed by atoms with Gasteiger partial charge < -0.3 is 14.2 Å². The number of methoxy groups -OCH3 is 3. The third kappa shape index (κ3) is 5.61. The highest BCUT2D eigenvalue weighted by molar-refractivity contribution is 5.76. The highest BCUT2D eigenvalue weighted by atomic mass is 16.5. The molecule has 3 atom stereocenters. The molecule has 4 aliphatic rings. The average Bonchev–Trinajstić information content (AvgIpc) is 3.20. The number of piperidine rings is 1. The van der Waals surface area contributed by atoms with Crippen molar-refractivity contribution < 1.29 is 19.0 Å². The lowest BCUT2D eigenvalue weighted by Gasteiger charge is -2.44. The van der Waals surface area contributed by atoms with E-state index >= 15 is 0 Å². The normalized spacial score (nSPS) is 39.9. The number of esters is 1. The summed E-state index contributed by atoms with van der Waals surface area (Å²) < 4.78 is 16.3. The van der Waals surface area contributed by atoms with Crippen molar-refractivity contribution in [3.8, 4) is 0 Å². The monoisotopic (exact) mass is 437 g/mol. The standard InChI is InChI=1S/C24H43N3O4/c1-29-19-8-4-17(5-9-19)13-26-15-23-21(12-22(26)24(28)31-3)25-16-27(23)14-18-6-10-20(30-2)11-7-18/h17-23,25H,4-16H2,1-3H3. The van der Waals surface area contributed by atoms with Gasteiger partial charge in [0.15, 0.2) is 0 Å². The molecule has 0 spiro atoms. The molecule has 0 aromatic rings. The molecule has 0 aromatic carbocycles. The van der Waals surface area contributed by atoms with Crippen LogP contribution in [0, 0.1) is 11.8 Å². The fourth-order valence-corrected chi connectivity index (χ4v) is 6.53. The Bertz CT molecular complexity index is 575. The molecule has 2 aliphatic heterocycles. The van der Waals surface area contributed by atoms with Crippen molar-refractivity contribution in [2.24, 2.45) is 11.8 Å². The van der Waals surface area contributed by atoms with Crippen LogP contribution in [0.3, 0.4) is 0 Å². The summed E-state index contributed by atoms with van der Waals surface area (Å²) in [6.45, 7) is 4.09. The first-order valence-electron chi connectivity index (χ1n) is 12.5. The molecule has 7 nitrogen and oxygen atoms in total. The molecule has 3 unspecified atom stereocenters. The molecule has 0 amide bonds. The number of carbonyl (C=O) groups is 1. The fourth-order valence-electron chi connectivity index (χ4n) is 6.53. The van der Waals surface area contributed by atoms with Gasteiger partial charge in [0.1, 0.15) is 6.04 Å². The number of nitrogens with zero attached hydrogens (tertiary/aromatic N) is 2. The summed E-state index contributed by atoms with van der Waals surface area (Å²) in [7, 11) is 5.20. The molecule has 2 heterocycles. The summed E-state index contributed by atoms with van der Waals surface area (Å²) in [5.41, 5.74) is 0. The van der Waals surface area contributed by atoms with Crippen molar-refractivity contribution in [2.45, 2.75) is 88.1 Å². The number of nitrogens with one attached hydrogen (secondary N) is 1. The predicted octanol–water partition coefficient (Wildman–Crippen LogP) is 2.24. The number of rotatable bonds is 7. The first-order valence-corrected chi connectivity index (χ1v) is 12.5. The van der Waals surface area contributed by atoms with Crippen LogP contribution in [-0.4, -0.2) is 93.7 Å². The molecule has 4 rings (SSSR count). The summed E-state index contributed by atoms with van der Waals surface area (Å²) in [5, 5.41) is 3.71. The van der Waals surface area contributed by atoms with Crippen LogP contribution in [0.25, 0.3) is 0 Å². The van der Waals surface area contributed by atoms with Crippen LogP contribution in [0.2, 0.25) is 0 Å². The third-order valence-electron chi connectivity index (χ3n) is 8.54. The topological polar surface area (TPSA) is 63.3 Å². The predicted molar refractivity (Wildman–Crippen MR) is 120 cm³/mol. The van der Waals surface area contributed by atoms with Crippen LogP contribution in [-0.2, 0) is 19.0 Å². The molecule has 2 saturated carbocycles. The Kier molecular flexibility index (Phi) is 8.26. The highest BCUT2D eigenvalue weighted by Crippen LogP contribution is 2.33. The number of hydrogen-bond donors (Lipinski definition) is 1. The number of ether oxygens (including phenoxy) is 3. The van der Waals surface area contributed by atoms with Crippen LogP contribution in [0.1, 0.15) is 57.8 Å². The third-order valence-corrected chi connectivity index (χ3v) is 8.54. The second kappa shape index (κ2) is 10.9. The van der Waals surface area contributed by atoms with Gasteiger partial charge in [-0.15, -0.1) is 0 Å². The first kappa shape index (κ1) is 23.4. The minimum absolute atomic E-state index is 0.0674. The van der Waals surface area contributed by atoms with Gasteiger partial charge >= 0.3 is 5.97 Å². The van der Waals surface area contributed by atoms with E-state index in [-0.39, 0.29) is 12.0 Å². The molecule has 0 bridgehead atoms. The Morgan fingerprint density at radius 2 is 1.39 bits per heavy atom. The van der Waals surface area contributed by atoms with Gasteiger partial charge in [-0.3, -0.25) is 19.9 Å². The molecular formula is C24H43N3O4. The van der Waals surface area contributed by atoms with E-state index in [1.807, 2.05) is 14.2 Å². The lowest BCUT2D eigenvalue weighted by atomic mass is 9.84. The molecule has 0 radical (unpaired) electrons. The molecule has 1 N–H and O–H groups in total. The van der Waals surface area contributed by atoms with Crippen molar-refractivity contribution >= 4 is 5.97 Å². The van der Waals surface area contributed by atoms with E-state index in [4.69, 9.17) is 14.2 Å². The molecule has 0 aromatic heterocycles. The van der Waals surface area contributed by atoms with Gasteiger partial charge in [-0.05, 0) is 69.6 Å². The van der Waals surface area contributed by atoms with Gasteiger partial charge in [-0.1, -0.05) is 0 Å². The van der Waals surface area contributed by atoms with Crippen LogP contribution >= 0.6 is 0 Å². The summed E-state index contributed by atoms with van der Waals surface area (Å²) in [5.74, 6) is 1.35. The van der Waals surface area contributed by atoms with Crippen LogP contribution in [0.5, 0.6) is 0 Å². The minimum Gasteiger partial charge on any atom is -0.468 e. The summed E-state index contributed by atoms with van der Waals surface area (Å²) in [4.78, 5) is 17.7.